The number of pyridine rings is 1. The zero-order valence-corrected chi connectivity index (χ0v) is 13.3. The molecule has 1 saturated heterocycles. The fraction of sp³-hybridized carbons (Fsp3) is 0.278. The van der Waals surface area contributed by atoms with Crippen LogP contribution in [0.25, 0.3) is 0 Å². The number of hydrogen-bond donors (Lipinski definition) is 1. The van der Waals surface area contributed by atoms with E-state index >= 15 is 0 Å². The molecule has 1 aliphatic heterocycles. The molecule has 1 aliphatic rings. The van der Waals surface area contributed by atoms with E-state index < -0.39 is 5.97 Å². The van der Waals surface area contributed by atoms with Crippen molar-refractivity contribution in [2.45, 2.75) is 19.1 Å². The third kappa shape index (κ3) is 3.28. The lowest BCUT2D eigenvalue weighted by Crippen LogP contribution is -2.46. The number of aromatic nitrogens is 1. The maximum Gasteiger partial charge on any atom is 0.354 e. The monoisotopic (exact) mass is 326 g/mol. The molecule has 1 aromatic carbocycles. The Labute approximate surface area is 139 Å². The second-order valence-corrected chi connectivity index (χ2v) is 5.77. The van der Waals surface area contributed by atoms with Gasteiger partial charge in [0.1, 0.15) is 5.69 Å². The number of aromatic carboxylic acids is 1. The quantitative estimate of drug-likeness (QED) is 0.937. The van der Waals surface area contributed by atoms with Crippen molar-refractivity contribution in [3.05, 3.63) is 65.5 Å². The molecule has 0 unspecified atom stereocenters. The molecule has 1 amide bonds. The van der Waals surface area contributed by atoms with Crippen molar-refractivity contribution >= 4 is 11.9 Å². The third-order valence-electron chi connectivity index (χ3n) is 4.04. The van der Waals surface area contributed by atoms with Gasteiger partial charge in [0.15, 0.2) is 0 Å². The Morgan fingerprint density at radius 3 is 2.58 bits per heavy atom. The van der Waals surface area contributed by atoms with E-state index in [0.29, 0.717) is 18.7 Å². The predicted molar refractivity (Wildman–Crippen MR) is 86.8 cm³/mol. The van der Waals surface area contributed by atoms with Gasteiger partial charge in [-0.05, 0) is 24.6 Å². The van der Waals surface area contributed by atoms with Crippen molar-refractivity contribution in [1.29, 1.82) is 0 Å². The van der Waals surface area contributed by atoms with Crippen LogP contribution in [0.4, 0.5) is 0 Å². The summed E-state index contributed by atoms with van der Waals surface area (Å²) >= 11 is 0. The number of carbonyl (C=O) groups excluding carboxylic acids is 1. The molecule has 0 saturated carbocycles. The largest absolute Gasteiger partial charge is 0.477 e. The third-order valence-corrected chi connectivity index (χ3v) is 4.04. The zero-order valence-electron chi connectivity index (χ0n) is 13.3. The number of carboxylic acid groups (broad SMARTS) is 1. The number of benzene rings is 1. The number of morpholine rings is 1. The van der Waals surface area contributed by atoms with E-state index in [-0.39, 0.29) is 23.7 Å². The molecule has 0 bridgehead atoms. The molecule has 2 heterocycles. The second kappa shape index (κ2) is 6.80. The highest BCUT2D eigenvalue weighted by Crippen LogP contribution is 2.27. The Hall–Kier alpha value is -2.73. The van der Waals surface area contributed by atoms with Gasteiger partial charge in [0.05, 0.1) is 24.3 Å². The van der Waals surface area contributed by atoms with Crippen LogP contribution >= 0.6 is 0 Å². The first kappa shape index (κ1) is 16.1. The first-order chi connectivity index (χ1) is 11.6. The Kier molecular flexibility index (Phi) is 4.57. The first-order valence-corrected chi connectivity index (χ1v) is 7.73. The van der Waals surface area contributed by atoms with Crippen LogP contribution in [0.2, 0.25) is 0 Å². The zero-order chi connectivity index (χ0) is 17.1. The molecule has 24 heavy (non-hydrogen) atoms. The summed E-state index contributed by atoms with van der Waals surface area (Å²) in [4.78, 5) is 29.4. The van der Waals surface area contributed by atoms with E-state index in [0.717, 1.165) is 5.56 Å². The van der Waals surface area contributed by atoms with Gasteiger partial charge in [-0.3, -0.25) is 4.79 Å². The highest BCUT2D eigenvalue weighted by molar-refractivity contribution is 5.95. The number of ether oxygens (including phenoxy) is 1. The second-order valence-electron chi connectivity index (χ2n) is 5.77. The van der Waals surface area contributed by atoms with Gasteiger partial charge in [-0.15, -0.1) is 0 Å². The lowest BCUT2D eigenvalue weighted by molar-refractivity contribution is -0.0447. The van der Waals surface area contributed by atoms with Crippen molar-refractivity contribution < 1.29 is 19.4 Å². The molecule has 6 nitrogen and oxygen atoms in total. The molecular weight excluding hydrogens is 308 g/mol. The topological polar surface area (TPSA) is 79.7 Å². The molecule has 2 aromatic rings. The SMILES string of the molecule is C[C@H]1CN(C(=O)c2ccc(C(=O)O)nc2)[C@H](c2ccccc2)CO1. The van der Waals surface area contributed by atoms with Gasteiger partial charge >= 0.3 is 5.97 Å². The van der Waals surface area contributed by atoms with Gasteiger partial charge in [0.2, 0.25) is 0 Å². The summed E-state index contributed by atoms with van der Waals surface area (Å²) in [6, 6.07) is 12.4. The van der Waals surface area contributed by atoms with E-state index in [2.05, 4.69) is 4.98 Å². The molecule has 124 valence electrons. The minimum Gasteiger partial charge on any atom is -0.477 e. The number of carboxylic acids is 1. The van der Waals surface area contributed by atoms with Crippen LogP contribution in [-0.4, -0.2) is 46.1 Å². The van der Waals surface area contributed by atoms with Crippen molar-refractivity contribution in [3.8, 4) is 0 Å². The summed E-state index contributed by atoms with van der Waals surface area (Å²) in [5.74, 6) is -1.29. The first-order valence-electron chi connectivity index (χ1n) is 7.73. The van der Waals surface area contributed by atoms with Crippen molar-refractivity contribution in [3.63, 3.8) is 0 Å². The molecule has 0 spiro atoms. The van der Waals surface area contributed by atoms with Gasteiger partial charge in [-0.2, -0.15) is 0 Å². The van der Waals surface area contributed by atoms with Crippen molar-refractivity contribution in [2.75, 3.05) is 13.2 Å². The lowest BCUT2D eigenvalue weighted by Gasteiger charge is -2.39. The molecule has 1 N–H and O–H groups in total. The Morgan fingerprint density at radius 1 is 1.21 bits per heavy atom. The molecule has 2 atom stereocenters. The summed E-state index contributed by atoms with van der Waals surface area (Å²) in [5.41, 5.74) is 1.30. The van der Waals surface area contributed by atoms with Gasteiger partial charge in [0, 0.05) is 12.7 Å². The van der Waals surface area contributed by atoms with Crippen LogP contribution in [0.1, 0.15) is 39.4 Å². The van der Waals surface area contributed by atoms with Crippen LogP contribution in [0.15, 0.2) is 48.7 Å². The minimum atomic E-state index is -1.11. The van der Waals surface area contributed by atoms with Gasteiger partial charge < -0.3 is 14.7 Å². The predicted octanol–water partition coefficient (Wildman–Crippen LogP) is 2.38. The minimum absolute atomic E-state index is 0.0554. The maximum atomic E-state index is 12.9. The van der Waals surface area contributed by atoms with Crippen LogP contribution in [0, 0.1) is 0 Å². The number of rotatable bonds is 3. The molecule has 0 aliphatic carbocycles. The fourth-order valence-electron chi connectivity index (χ4n) is 2.79. The van der Waals surface area contributed by atoms with Gasteiger partial charge in [-0.25, -0.2) is 9.78 Å². The summed E-state index contributed by atoms with van der Waals surface area (Å²) in [6.07, 6.45) is 1.26. The number of carbonyl (C=O) groups is 2. The number of hydrogen-bond acceptors (Lipinski definition) is 4. The normalized spacial score (nSPS) is 20.6. The smallest absolute Gasteiger partial charge is 0.354 e. The molecule has 6 heteroatoms. The molecule has 1 fully saturated rings. The van der Waals surface area contributed by atoms with Crippen LogP contribution < -0.4 is 0 Å². The summed E-state index contributed by atoms with van der Waals surface area (Å²) < 4.78 is 5.72. The lowest BCUT2D eigenvalue weighted by atomic mass is 10.0. The Balaban J connectivity index is 1.88. The van der Waals surface area contributed by atoms with Gasteiger partial charge in [-0.1, -0.05) is 30.3 Å². The van der Waals surface area contributed by atoms with E-state index in [1.54, 1.807) is 4.90 Å². The van der Waals surface area contributed by atoms with E-state index in [1.807, 2.05) is 37.3 Å². The highest BCUT2D eigenvalue weighted by atomic mass is 16.5. The fourth-order valence-corrected chi connectivity index (χ4v) is 2.79. The summed E-state index contributed by atoms with van der Waals surface area (Å²) in [5, 5.41) is 8.91. The van der Waals surface area contributed by atoms with E-state index in [9.17, 15) is 9.59 Å². The van der Waals surface area contributed by atoms with Crippen molar-refractivity contribution in [1.82, 2.24) is 9.88 Å². The summed E-state index contributed by atoms with van der Waals surface area (Å²) in [6.45, 7) is 2.82. The molecule has 1 aromatic heterocycles. The Morgan fingerprint density at radius 2 is 1.96 bits per heavy atom. The van der Waals surface area contributed by atoms with Gasteiger partial charge in [0.25, 0.3) is 5.91 Å². The van der Waals surface area contributed by atoms with Crippen LogP contribution in [0.3, 0.4) is 0 Å². The average Bonchev–Trinajstić information content (AvgIpc) is 2.62. The Bertz CT molecular complexity index is 730. The average molecular weight is 326 g/mol. The van der Waals surface area contributed by atoms with Crippen LogP contribution in [-0.2, 0) is 4.74 Å². The standard InChI is InChI=1S/C18H18N2O4/c1-12-10-20(16(11-24-12)13-5-3-2-4-6-13)17(21)14-7-8-15(18(22)23)19-9-14/h2-9,12,16H,10-11H2,1H3,(H,22,23)/t12-,16-/m0/s1. The van der Waals surface area contributed by atoms with E-state index in [1.165, 1.54) is 18.3 Å². The van der Waals surface area contributed by atoms with Crippen molar-refractivity contribution in [2.24, 2.45) is 0 Å². The molecule has 0 radical (unpaired) electrons. The molecule has 3 rings (SSSR count). The number of amides is 1. The van der Waals surface area contributed by atoms with E-state index in [4.69, 9.17) is 9.84 Å². The number of nitrogens with zero attached hydrogens (tertiary/aromatic N) is 2. The maximum absolute atomic E-state index is 12.9. The highest BCUT2D eigenvalue weighted by Gasteiger charge is 2.32. The molecular formula is C18H18N2O4. The summed E-state index contributed by atoms with van der Waals surface area (Å²) in [7, 11) is 0. The van der Waals surface area contributed by atoms with Crippen LogP contribution in [0.5, 0.6) is 0 Å².